The molecule has 140 valence electrons. The molecule has 1 aliphatic carbocycles. The van der Waals surface area contributed by atoms with Crippen LogP contribution in [0, 0.1) is 0 Å². The molecule has 0 radical (unpaired) electrons. The molecule has 2 saturated heterocycles. The van der Waals surface area contributed by atoms with Crippen molar-refractivity contribution in [1.82, 2.24) is 10.5 Å². The number of ether oxygens (including phenoxy) is 1. The van der Waals surface area contributed by atoms with Gasteiger partial charge in [-0.1, -0.05) is 35.0 Å². The molecule has 0 spiro atoms. The molecule has 0 amide bonds. The van der Waals surface area contributed by atoms with Gasteiger partial charge in [-0.2, -0.15) is 0 Å². The van der Waals surface area contributed by atoms with Crippen molar-refractivity contribution in [2.24, 2.45) is 0 Å². The third kappa shape index (κ3) is 3.53. The number of aromatic nitrogens is 1. The fourth-order valence-electron chi connectivity index (χ4n) is 4.33. The molecule has 1 unspecified atom stereocenters. The maximum atomic E-state index is 6.40. The van der Waals surface area contributed by atoms with Gasteiger partial charge in [0, 0.05) is 29.1 Å². The molecule has 1 saturated carbocycles. The fourth-order valence-corrected chi connectivity index (χ4v) is 4.56. The van der Waals surface area contributed by atoms with Crippen molar-refractivity contribution in [2.45, 2.75) is 69.2 Å². The lowest BCUT2D eigenvalue weighted by Crippen LogP contribution is -2.41. The lowest BCUT2D eigenvalue weighted by molar-refractivity contribution is 0.00876. The molecule has 1 aromatic carbocycles. The molecule has 5 rings (SSSR count). The molecule has 2 aromatic rings. The van der Waals surface area contributed by atoms with Gasteiger partial charge in [0.25, 0.3) is 0 Å². The highest BCUT2D eigenvalue weighted by Gasteiger charge is 2.36. The van der Waals surface area contributed by atoms with Crippen molar-refractivity contribution < 1.29 is 9.26 Å². The number of nitrogens with zero attached hydrogens (tertiary/aromatic N) is 1. The lowest BCUT2D eigenvalue weighted by atomic mass is 10.0. The number of fused-ring (bicyclic) bond motifs is 2. The van der Waals surface area contributed by atoms with Crippen LogP contribution in [-0.4, -0.2) is 23.3 Å². The van der Waals surface area contributed by atoms with Gasteiger partial charge < -0.3 is 14.6 Å². The lowest BCUT2D eigenvalue weighted by Gasteiger charge is -2.29. The van der Waals surface area contributed by atoms with Crippen molar-refractivity contribution in [3.63, 3.8) is 0 Å². The Balaban J connectivity index is 0.00000168. The third-order valence-corrected chi connectivity index (χ3v) is 6.12. The Hall–Kier alpha value is -1.07. The molecule has 4 nitrogen and oxygen atoms in total. The van der Waals surface area contributed by atoms with Crippen LogP contribution in [0.2, 0.25) is 5.02 Å². The molecule has 1 N–H and O–H groups in total. The smallest absolute Gasteiger partial charge is 0.145 e. The Morgan fingerprint density at radius 2 is 1.85 bits per heavy atom. The summed E-state index contributed by atoms with van der Waals surface area (Å²) < 4.78 is 12.1. The molecule has 6 heteroatoms. The number of halogens is 2. The van der Waals surface area contributed by atoms with Crippen LogP contribution in [0.25, 0.3) is 11.3 Å². The van der Waals surface area contributed by atoms with E-state index in [2.05, 4.69) is 10.5 Å². The Bertz CT molecular complexity index is 763. The van der Waals surface area contributed by atoms with Gasteiger partial charge >= 0.3 is 0 Å². The van der Waals surface area contributed by atoms with Gasteiger partial charge in [-0.3, -0.25) is 0 Å². The van der Waals surface area contributed by atoms with E-state index >= 15 is 0 Å². The summed E-state index contributed by atoms with van der Waals surface area (Å²) >= 11 is 6.40. The van der Waals surface area contributed by atoms with E-state index < -0.39 is 0 Å². The minimum Gasteiger partial charge on any atom is -0.373 e. The molecule has 2 aliphatic heterocycles. The zero-order chi connectivity index (χ0) is 16.8. The molecule has 1 aromatic heterocycles. The van der Waals surface area contributed by atoms with Gasteiger partial charge in [0.15, 0.2) is 0 Å². The van der Waals surface area contributed by atoms with E-state index in [1.165, 1.54) is 25.7 Å². The fraction of sp³-hybridized carbons (Fsp3) is 0.550. The molecule has 26 heavy (non-hydrogen) atoms. The Labute approximate surface area is 165 Å². The highest BCUT2D eigenvalue weighted by molar-refractivity contribution is 6.33. The molecule has 3 heterocycles. The second-order valence-corrected chi connectivity index (χ2v) is 8.08. The van der Waals surface area contributed by atoms with Crippen LogP contribution in [0.4, 0.5) is 0 Å². The Morgan fingerprint density at radius 3 is 2.54 bits per heavy atom. The number of benzene rings is 1. The topological polar surface area (TPSA) is 47.3 Å². The van der Waals surface area contributed by atoms with E-state index in [0.29, 0.717) is 35.7 Å². The number of hydrogen-bond acceptors (Lipinski definition) is 4. The number of nitrogens with one attached hydrogen (secondary N) is 1. The van der Waals surface area contributed by atoms with Crippen molar-refractivity contribution in [3.8, 4) is 11.3 Å². The van der Waals surface area contributed by atoms with Gasteiger partial charge in [0.2, 0.25) is 0 Å². The van der Waals surface area contributed by atoms with Crippen LogP contribution in [0.3, 0.4) is 0 Å². The van der Waals surface area contributed by atoms with E-state index in [0.717, 1.165) is 35.4 Å². The zero-order valence-electron chi connectivity index (χ0n) is 14.6. The van der Waals surface area contributed by atoms with Gasteiger partial charge in [0.05, 0.1) is 17.7 Å². The van der Waals surface area contributed by atoms with Crippen molar-refractivity contribution in [1.29, 1.82) is 0 Å². The van der Waals surface area contributed by atoms with Crippen LogP contribution in [0.5, 0.6) is 0 Å². The molecule has 3 aliphatic rings. The van der Waals surface area contributed by atoms with Crippen LogP contribution >= 0.6 is 24.0 Å². The van der Waals surface area contributed by atoms with Crippen molar-refractivity contribution in [3.05, 3.63) is 40.6 Å². The molecule has 2 bridgehead atoms. The number of piperidine rings is 1. The summed E-state index contributed by atoms with van der Waals surface area (Å²) in [6, 6.07) is 9.11. The first-order chi connectivity index (χ1) is 12.3. The standard InChI is InChI=1S/C20H23ClN2O2.ClH/c21-18-4-2-1-3-16(18)19-17(20(25-23-19)12-5-6-12)11-24-15-9-13-7-8-14(10-15)22-13;/h1-4,12-15,22H,5-11H2;1H/t13-,14+,15?;. The molecular formula is C20H24Cl2N2O2. The van der Waals surface area contributed by atoms with Gasteiger partial charge in [-0.05, 0) is 44.6 Å². The normalized spacial score (nSPS) is 27.3. The molecule has 3 atom stereocenters. The number of rotatable bonds is 5. The van der Waals surface area contributed by atoms with E-state index in [9.17, 15) is 0 Å². The minimum atomic E-state index is 0. The first-order valence-electron chi connectivity index (χ1n) is 9.39. The predicted octanol–water partition coefficient (Wildman–Crippen LogP) is 5.09. The summed E-state index contributed by atoms with van der Waals surface area (Å²) in [5, 5.41) is 8.74. The van der Waals surface area contributed by atoms with Gasteiger partial charge in [-0.15, -0.1) is 12.4 Å². The SMILES string of the molecule is Cl.Clc1ccccc1-c1noc(C2CC2)c1COC1C[C@H]2CC[C@@H](C1)N2. The van der Waals surface area contributed by atoms with E-state index in [1.807, 2.05) is 24.3 Å². The van der Waals surface area contributed by atoms with Crippen LogP contribution < -0.4 is 5.32 Å². The number of hydrogen-bond donors (Lipinski definition) is 1. The molecule has 3 fully saturated rings. The monoisotopic (exact) mass is 394 g/mol. The second kappa shape index (κ2) is 7.51. The predicted molar refractivity (Wildman–Crippen MR) is 104 cm³/mol. The largest absolute Gasteiger partial charge is 0.373 e. The van der Waals surface area contributed by atoms with Crippen molar-refractivity contribution in [2.75, 3.05) is 0 Å². The van der Waals surface area contributed by atoms with Gasteiger partial charge in [0.1, 0.15) is 11.5 Å². The third-order valence-electron chi connectivity index (χ3n) is 5.79. The molecular weight excluding hydrogens is 371 g/mol. The van der Waals surface area contributed by atoms with Crippen LogP contribution in [0.15, 0.2) is 28.8 Å². The summed E-state index contributed by atoms with van der Waals surface area (Å²) in [7, 11) is 0. The Kier molecular flexibility index (Phi) is 5.29. The Morgan fingerprint density at radius 1 is 1.12 bits per heavy atom. The van der Waals surface area contributed by atoms with Crippen LogP contribution in [0.1, 0.15) is 55.8 Å². The van der Waals surface area contributed by atoms with E-state index in [1.54, 1.807) is 0 Å². The minimum absolute atomic E-state index is 0. The summed E-state index contributed by atoms with van der Waals surface area (Å²) in [5.74, 6) is 1.51. The quantitative estimate of drug-likeness (QED) is 0.766. The summed E-state index contributed by atoms with van der Waals surface area (Å²) in [6.07, 6.45) is 7.50. The zero-order valence-corrected chi connectivity index (χ0v) is 16.2. The van der Waals surface area contributed by atoms with E-state index in [4.69, 9.17) is 20.9 Å². The highest BCUT2D eigenvalue weighted by atomic mass is 35.5. The average molecular weight is 395 g/mol. The highest BCUT2D eigenvalue weighted by Crippen LogP contribution is 2.45. The maximum Gasteiger partial charge on any atom is 0.145 e. The summed E-state index contributed by atoms with van der Waals surface area (Å²) in [5.41, 5.74) is 2.88. The van der Waals surface area contributed by atoms with Gasteiger partial charge in [-0.25, -0.2) is 0 Å². The average Bonchev–Trinajstić information content (AvgIpc) is 3.30. The summed E-state index contributed by atoms with van der Waals surface area (Å²) in [6.45, 7) is 0.569. The van der Waals surface area contributed by atoms with Crippen molar-refractivity contribution >= 4 is 24.0 Å². The van der Waals surface area contributed by atoms with Crippen LogP contribution in [-0.2, 0) is 11.3 Å². The summed E-state index contributed by atoms with van der Waals surface area (Å²) in [4.78, 5) is 0. The van der Waals surface area contributed by atoms with E-state index in [-0.39, 0.29) is 12.4 Å². The first kappa shape index (κ1) is 18.3. The maximum absolute atomic E-state index is 6.40. The second-order valence-electron chi connectivity index (χ2n) is 7.67. The first-order valence-corrected chi connectivity index (χ1v) is 9.76.